The molecule has 3 nitrogen and oxygen atoms in total. The fourth-order valence-electron chi connectivity index (χ4n) is 7.46. The van der Waals surface area contributed by atoms with E-state index in [-0.39, 0.29) is 11.5 Å². The third-order valence-electron chi connectivity index (χ3n) is 9.64. The van der Waals surface area contributed by atoms with Gasteiger partial charge in [-0.1, -0.05) is 102 Å². The minimum atomic E-state index is -0.302. The Morgan fingerprint density at radius 2 is 1.50 bits per heavy atom. The minimum Gasteiger partial charge on any atom is -0.497 e. The van der Waals surface area contributed by atoms with Crippen LogP contribution in [0.5, 0.6) is 17.2 Å². The van der Waals surface area contributed by atoms with E-state index in [4.69, 9.17) is 14.2 Å². The summed E-state index contributed by atoms with van der Waals surface area (Å²) >= 11 is 3.58. The molecule has 0 fully saturated rings. The second-order valence-corrected chi connectivity index (χ2v) is 13.3. The van der Waals surface area contributed by atoms with E-state index in [2.05, 4.69) is 132 Å². The summed E-state index contributed by atoms with van der Waals surface area (Å²) in [5.74, 6) is 2.62. The van der Waals surface area contributed by atoms with Gasteiger partial charge in [0.15, 0.2) is 0 Å². The molecule has 0 N–H and O–H groups in total. The highest BCUT2D eigenvalue weighted by Gasteiger charge is 2.44. The van der Waals surface area contributed by atoms with Crippen LogP contribution in [-0.4, -0.2) is 14.2 Å². The second kappa shape index (κ2) is 11.2. The van der Waals surface area contributed by atoms with Gasteiger partial charge in [0.05, 0.1) is 14.2 Å². The summed E-state index contributed by atoms with van der Waals surface area (Å²) < 4.78 is 19.2. The van der Waals surface area contributed by atoms with Gasteiger partial charge in [-0.15, -0.1) is 0 Å². The van der Waals surface area contributed by atoms with E-state index in [1.54, 1.807) is 14.2 Å². The molecule has 0 saturated carbocycles. The van der Waals surface area contributed by atoms with Gasteiger partial charge in [-0.25, -0.2) is 0 Å². The second-order valence-electron chi connectivity index (χ2n) is 12.3. The van der Waals surface area contributed by atoms with Gasteiger partial charge >= 0.3 is 0 Å². The monoisotopic (exact) mass is 664 g/mol. The largest absolute Gasteiger partial charge is 0.497 e. The van der Waals surface area contributed by atoms with Crippen LogP contribution in [0.25, 0.3) is 39.1 Å². The van der Waals surface area contributed by atoms with Gasteiger partial charge in [0.2, 0.25) is 0 Å². The van der Waals surface area contributed by atoms with E-state index in [0.29, 0.717) is 0 Å². The van der Waals surface area contributed by atoms with Crippen molar-refractivity contribution in [3.63, 3.8) is 0 Å². The molecule has 0 bridgehead atoms. The van der Waals surface area contributed by atoms with Crippen molar-refractivity contribution in [3.05, 3.63) is 154 Å². The molecular weight excluding hydrogens is 632 g/mol. The maximum absolute atomic E-state index is 6.95. The fraction of sp³-hybridized carbons (Fsp3) is 0.143. The number of ether oxygens (including phenoxy) is 3. The van der Waals surface area contributed by atoms with Crippen LogP contribution in [0, 0.1) is 0 Å². The number of methoxy groups -OCH3 is 2. The Morgan fingerprint density at radius 3 is 2.28 bits per heavy atom. The van der Waals surface area contributed by atoms with Crippen LogP contribution in [0.4, 0.5) is 0 Å². The molecule has 226 valence electrons. The van der Waals surface area contributed by atoms with Gasteiger partial charge in [0.1, 0.15) is 23.4 Å². The zero-order valence-corrected chi connectivity index (χ0v) is 27.6. The average Bonchev–Trinajstić information content (AvgIpc) is 3.36. The topological polar surface area (TPSA) is 27.7 Å². The third kappa shape index (κ3) is 4.63. The lowest BCUT2D eigenvalue weighted by molar-refractivity contribution is 0.254. The summed E-state index contributed by atoms with van der Waals surface area (Å²) in [5.41, 5.74) is 10.8. The lowest BCUT2D eigenvalue weighted by atomic mass is 9.72. The van der Waals surface area contributed by atoms with Crippen molar-refractivity contribution in [3.8, 4) is 39.5 Å². The Hall–Kier alpha value is -4.80. The zero-order valence-electron chi connectivity index (χ0n) is 26.0. The molecule has 0 radical (unpaired) electrons. The third-order valence-corrected chi connectivity index (χ3v) is 10.2. The van der Waals surface area contributed by atoms with Crippen LogP contribution < -0.4 is 14.2 Å². The molecule has 46 heavy (non-hydrogen) atoms. The summed E-state index contributed by atoms with van der Waals surface area (Å²) in [6, 6.07) is 40.9. The Balaban J connectivity index is 1.32. The molecule has 1 heterocycles. The van der Waals surface area contributed by atoms with Gasteiger partial charge < -0.3 is 14.2 Å². The van der Waals surface area contributed by atoms with Crippen LogP contribution >= 0.6 is 15.9 Å². The number of fused-ring (bicyclic) bond motifs is 8. The summed E-state index contributed by atoms with van der Waals surface area (Å²) in [5, 5.41) is 2.25. The maximum Gasteiger partial charge on any atom is 0.142 e. The summed E-state index contributed by atoms with van der Waals surface area (Å²) in [6.45, 7) is 2.40. The molecule has 2 atom stereocenters. The van der Waals surface area contributed by atoms with E-state index in [9.17, 15) is 0 Å². The van der Waals surface area contributed by atoms with Crippen LogP contribution in [0.3, 0.4) is 0 Å². The van der Waals surface area contributed by atoms with Crippen LogP contribution in [0.1, 0.15) is 40.8 Å². The van der Waals surface area contributed by atoms with Crippen molar-refractivity contribution in [1.29, 1.82) is 0 Å². The molecule has 0 aromatic heterocycles. The number of rotatable bonds is 6. The molecule has 0 spiro atoms. The standard InChI is InChI=1S/C42H33BrO3/c1-42(25-26-7-6-8-29(23-26)27-13-17-31(44-2)18-14-27)37-10-5-4-9-34(37)39-36-24-32(45-3)19-20-33(36)41-35(40(39)42)21-22-38(46-41)28-11-15-30(43)16-12-28/h4-24,38H,25H2,1-3H3. The van der Waals surface area contributed by atoms with Gasteiger partial charge in [0.25, 0.3) is 0 Å². The SMILES string of the molecule is COc1ccc(-c2cccc(CC3(C)c4ccccc4-c4c3c3c(c5ccc(OC)cc45)OC(c4ccc(Br)cc4)C=C3)c2)cc1. The highest BCUT2D eigenvalue weighted by Crippen LogP contribution is 2.58. The summed E-state index contributed by atoms with van der Waals surface area (Å²) in [7, 11) is 3.43. The molecular formula is C42H33BrO3. The van der Waals surface area contributed by atoms with Crippen LogP contribution in [0.15, 0.2) is 126 Å². The normalized spacial score (nSPS) is 17.6. The zero-order chi connectivity index (χ0) is 31.4. The lowest BCUT2D eigenvalue weighted by Crippen LogP contribution is -2.26. The molecule has 8 rings (SSSR count). The first kappa shape index (κ1) is 28.7. The van der Waals surface area contributed by atoms with Gasteiger partial charge in [-0.2, -0.15) is 0 Å². The van der Waals surface area contributed by atoms with E-state index < -0.39 is 0 Å². The number of hydrogen-bond donors (Lipinski definition) is 0. The Kier molecular flexibility index (Phi) is 6.99. The summed E-state index contributed by atoms with van der Waals surface area (Å²) in [4.78, 5) is 0. The summed E-state index contributed by atoms with van der Waals surface area (Å²) in [6.07, 6.45) is 5.16. The smallest absolute Gasteiger partial charge is 0.142 e. The quantitative estimate of drug-likeness (QED) is 0.177. The number of halogens is 1. The van der Waals surface area contributed by atoms with E-state index in [1.165, 1.54) is 38.9 Å². The lowest BCUT2D eigenvalue weighted by Gasteiger charge is -2.33. The first-order valence-electron chi connectivity index (χ1n) is 15.6. The van der Waals surface area contributed by atoms with Crippen molar-refractivity contribution in [1.82, 2.24) is 0 Å². The molecule has 1 aliphatic carbocycles. The first-order valence-corrected chi connectivity index (χ1v) is 16.4. The molecule has 2 aliphatic rings. The molecule has 6 aromatic rings. The molecule has 6 aromatic carbocycles. The number of benzene rings is 6. The van der Waals surface area contributed by atoms with Gasteiger partial charge in [-0.3, -0.25) is 0 Å². The molecule has 4 heteroatoms. The fourth-order valence-corrected chi connectivity index (χ4v) is 7.72. The molecule has 0 amide bonds. The van der Waals surface area contributed by atoms with Crippen molar-refractivity contribution >= 4 is 32.8 Å². The maximum atomic E-state index is 6.95. The van der Waals surface area contributed by atoms with E-state index in [1.807, 2.05) is 18.2 Å². The van der Waals surface area contributed by atoms with Gasteiger partial charge in [0, 0.05) is 20.8 Å². The number of hydrogen-bond acceptors (Lipinski definition) is 3. The molecule has 1 aliphatic heterocycles. The van der Waals surface area contributed by atoms with Crippen molar-refractivity contribution < 1.29 is 14.2 Å². The highest BCUT2D eigenvalue weighted by atomic mass is 79.9. The Morgan fingerprint density at radius 1 is 0.739 bits per heavy atom. The first-order chi connectivity index (χ1) is 22.5. The van der Waals surface area contributed by atoms with Crippen molar-refractivity contribution in [2.75, 3.05) is 14.2 Å². The highest BCUT2D eigenvalue weighted by molar-refractivity contribution is 9.10. The predicted octanol–water partition coefficient (Wildman–Crippen LogP) is 11.0. The minimum absolute atomic E-state index is 0.180. The molecule has 0 saturated heterocycles. The Bertz CT molecular complexity index is 2150. The van der Waals surface area contributed by atoms with Crippen molar-refractivity contribution in [2.45, 2.75) is 24.9 Å². The van der Waals surface area contributed by atoms with Crippen LogP contribution in [0.2, 0.25) is 0 Å². The Labute approximate surface area is 278 Å². The van der Waals surface area contributed by atoms with Crippen molar-refractivity contribution in [2.24, 2.45) is 0 Å². The average molecular weight is 666 g/mol. The van der Waals surface area contributed by atoms with E-state index >= 15 is 0 Å². The van der Waals surface area contributed by atoms with Crippen LogP contribution in [-0.2, 0) is 11.8 Å². The van der Waals surface area contributed by atoms with Gasteiger partial charge in [-0.05, 0) is 105 Å². The predicted molar refractivity (Wildman–Crippen MR) is 191 cm³/mol. The van der Waals surface area contributed by atoms with E-state index in [0.717, 1.165) is 50.0 Å². The molecule has 2 unspecified atom stereocenters.